The third kappa shape index (κ3) is 4.00. The van der Waals surface area contributed by atoms with Crippen molar-refractivity contribution in [2.45, 2.75) is 52.9 Å². The Labute approximate surface area is 181 Å². The van der Waals surface area contributed by atoms with Crippen molar-refractivity contribution in [2.24, 2.45) is 0 Å². The molecule has 0 spiro atoms. The average Bonchev–Trinajstić information content (AvgIpc) is 3.34. The zero-order valence-corrected chi connectivity index (χ0v) is 18.5. The lowest BCUT2D eigenvalue weighted by Crippen LogP contribution is -2.24. The van der Waals surface area contributed by atoms with Gasteiger partial charge in [-0.05, 0) is 52.9 Å². The van der Waals surface area contributed by atoms with Gasteiger partial charge in [-0.3, -0.25) is 9.69 Å². The minimum atomic E-state index is -0.0727. The first-order valence-electron chi connectivity index (χ1n) is 10.5. The number of carbonyl (C=O) groups excluding carboxylic acids is 1. The zero-order valence-electron chi connectivity index (χ0n) is 18.5. The number of aromatic nitrogens is 5. The van der Waals surface area contributed by atoms with Crippen LogP contribution in [0, 0.1) is 0 Å². The highest BCUT2D eigenvalue weighted by Crippen LogP contribution is 2.32. The quantitative estimate of drug-likeness (QED) is 0.606. The monoisotopic (exact) mass is 420 g/mol. The van der Waals surface area contributed by atoms with Crippen LogP contribution in [0.5, 0.6) is 0 Å². The van der Waals surface area contributed by atoms with Crippen molar-refractivity contribution in [2.75, 3.05) is 17.3 Å². The van der Waals surface area contributed by atoms with Crippen molar-refractivity contribution in [1.82, 2.24) is 30.0 Å². The maximum Gasteiger partial charge on any atom is 0.260 e. The molecule has 0 radical (unpaired) electrons. The van der Waals surface area contributed by atoms with E-state index >= 15 is 0 Å². The molecule has 9 nitrogen and oxygen atoms in total. The summed E-state index contributed by atoms with van der Waals surface area (Å²) in [6, 6.07) is 7.90. The second-order valence-electron chi connectivity index (χ2n) is 8.24. The molecule has 9 heteroatoms. The van der Waals surface area contributed by atoms with Gasteiger partial charge in [-0.25, -0.2) is 9.97 Å². The minimum Gasteiger partial charge on any atom is -0.368 e. The Kier molecular flexibility index (Phi) is 5.69. The van der Waals surface area contributed by atoms with E-state index in [2.05, 4.69) is 34.7 Å². The number of pyridine rings is 2. The van der Waals surface area contributed by atoms with E-state index in [1.165, 1.54) is 0 Å². The summed E-state index contributed by atoms with van der Waals surface area (Å²) in [6.45, 7) is 9.25. The Morgan fingerprint density at radius 2 is 1.97 bits per heavy atom. The Morgan fingerprint density at radius 3 is 2.68 bits per heavy atom. The highest BCUT2D eigenvalue weighted by atomic mass is 16.2. The van der Waals surface area contributed by atoms with Gasteiger partial charge in [-0.2, -0.15) is 0 Å². The summed E-state index contributed by atoms with van der Waals surface area (Å²) in [7, 11) is 1.88. The molecule has 0 aliphatic carbocycles. The predicted molar refractivity (Wildman–Crippen MR) is 120 cm³/mol. The lowest BCUT2D eigenvalue weighted by Gasteiger charge is -2.16. The van der Waals surface area contributed by atoms with Crippen LogP contribution in [0.25, 0.3) is 11.5 Å². The van der Waals surface area contributed by atoms with Gasteiger partial charge < -0.3 is 15.2 Å². The molecule has 0 fully saturated rings. The van der Waals surface area contributed by atoms with Gasteiger partial charge in [0.2, 0.25) is 0 Å². The van der Waals surface area contributed by atoms with Gasteiger partial charge in [0, 0.05) is 24.2 Å². The van der Waals surface area contributed by atoms with Crippen LogP contribution in [-0.2, 0) is 13.1 Å². The number of nitrogens with zero attached hydrogens (tertiary/aromatic N) is 6. The molecule has 0 unspecified atom stereocenters. The number of nitrogens with one attached hydrogen (secondary N) is 2. The first-order chi connectivity index (χ1) is 14.9. The van der Waals surface area contributed by atoms with Crippen LogP contribution in [0.1, 0.15) is 55.4 Å². The largest absolute Gasteiger partial charge is 0.368 e. The third-order valence-corrected chi connectivity index (χ3v) is 5.15. The molecule has 162 valence electrons. The van der Waals surface area contributed by atoms with Crippen LogP contribution in [0.2, 0.25) is 0 Å². The summed E-state index contributed by atoms with van der Waals surface area (Å²) in [5.74, 6) is 1.91. The van der Waals surface area contributed by atoms with Gasteiger partial charge in [0.1, 0.15) is 23.7 Å². The van der Waals surface area contributed by atoms with Gasteiger partial charge in [-0.1, -0.05) is 6.07 Å². The Balaban J connectivity index is 1.71. The van der Waals surface area contributed by atoms with Gasteiger partial charge >= 0.3 is 0 Å². The summed E-state index contributed by atoms with van der Waals surface area (Å²) in [6.07, 6.45) is 1.70. The predicted octanol–water partition coefficient (Wildman–Crippen LogP) is 3.02. The lowest BCUT2D eigenvalue weighted by atomic mass is 10.1. The first kappa shape index (κ1) is 20.9. The van der Waals surface area contributed by atoms with E-state index in [0.29, 0.717) is 41.8 Å². The second kappa shape index (κ2) is 8.43. The summed E-state index contributed by atoms with van der Waals surface area (Å²) >= 11 is 0. The number of fused-ring (bicyclic) bond motifs is 1. The first-order valence-corrected chi connectivity index (χ1v) is 10.5. The van der Waals surface area contributed by atoms with Crippen LogP contribution >= 0.6 is 0 Å². The Morgan fingerprint density at radius 1 is 1.16 bits per heavy atom. The molecular weight excluding hydrogens is 392 g/mol. The molecule has 1 aliphatic rings. The minimum absolute atomic E-state index is 0.0727. The van der Waals surface area contributed by atoms with Gasteiger partial charge in [0.05, 0.1) is 17.8 Å². The number of hydrogen-bond acceptors (Lipinski definition) is 7. The normalized spacial score (nSPS) is 13.4. The summed E-state index contributed by atoms with van der Waals surface area (Å²) in [5, 5.41) is 14.7. The van der Waals surface area contributed by atoms with E-state index in [4.69, 9.17) is 9.97 Å². The maximum atomic E-state index is 13.3. The van der Waals surface area contributed by atoms with Crippen molar-refractivity contribution in [3.05, 3.63) is 47.4 Å². The fraction of sp³-hybridized carbons (Fsp3) is 0.409. The molecule has 2 N–H and O–H groups in total. The van der Waals surface area contributed by atoms with Crippen LogP contribution < -0.4 is 15.5 Å². The van der Waals surface area contributed by atoms with Gasteiger partial charge in [0.15, 0.2) is 5.82 Å². The fourth-order valence-corrected chi connectivity index (χ4v) is 3.74. The summed E-state index contributed by atoms with van der Waals surface area (Å²) in [5.41, 5.74) is 3.16. The van der Waals surface area contributed by atoms with E-state index in [-0.39, 0.29) is 18.0 Å². The molecule has 0 atom stereocenters. The maximum absolute atomic E-state index is 13.3. The highest BCUT2D eigenvalue weighted by molar-refractivity contribution is 6.10. The van der Waals surface area contributed by atoms with Crippen molar-refractivity contribution < 1.29 is 4.79 Å². The molecule has 0 bridgehead atoms. The molecule has 1 amide bonds. The number of carbonyl (C=O) groups is 1. The average molecular weight is 421 g/mol. The molecule has 4 heterocycles. The Bertz CT molecular complexity index is 1100. The smallest absolute Gasteiger partial charge is 0.260 e. The molecule has 0 saturated heterocycles. The van der Waals surface area contributed by atoms with E-state index in [9.17, 15) is 4.79 Å². The van der Waals surface area contributed by atoms with Gasteiger partial charge in [-0.15, -0.1) is 10.2 Å². The van der Waals surface area contributed by atoms with Crippen LogP contribution in [0.3, 0.4) is 0 Å². The molecular formula is C22H28N8O. The van der Waals surface area contributed by atoms with E-state index in [0.717, 1.165) is 11.3 Å². The molecule has 4 rings (SSSR count). The van der Waals surface area contributed by atoms with Crippen molar-refractivity contribution >= 4 is 17.5 Å². The summed E-state index contributed by atoms with van der Waals surface area (Å²) in [4.78, 5) is 24.5. The third-order valence-electron chi connectivity index (χ3n) is 5.15. The van der Waals surface area contributed by atoms with E-state index in [1.54, 1.807) is 11.2 Å². The fourth-order valence-electron chi connectivity index (χ4n) is 3.74. The molecule has 1 aliphatic heterocycles. The zero-order chi connectivity index (χ0) is 22.1. The number of anilines is 2. The van der Waals surface area contributed by atoms with Gasteiger partial charge in [0.25, 0.3) is 5.91 Å². The standard InChI is InChI=1S/C22H28N8O/c1-13(2)25-19-9-15-16(18(26-19)10-23-5)11-29(22(15)31)20-8-6-7-17(27-20)21-28-24-12-30(21)14(3)4/h6-9,12-14,23H,10-11H2,1-5H3,(H,25,26). The van der Waals surface area contributed by atoms with Crippen LogP contribution in [0.15, 0.2) is 30.6 Å². The highest BCUT2D eigenvalue weighted by Gasteiger charge is 2.33. The van der Waals surface area contributed by atoms with Crippen molar-refractivity contribution in [1.29, 1.82) is 0 Å². The van der Waals surface area contributed by atoms with Crippen molar-refractivity contribution in [3.63, 3.8) is 0 Å². The van der Waals surface area contributed by atoms with Crippen LogP contribution in [0.4, 0.5) is 11.6 Å². The number of hydrogen-bond donors (Lipinski definition) is 2. The number of amides is 1. The van der Waals surface area contributed by atoms with Crippen molar-refractivity contribution in [3.8, 4) is 11.5 Å². The second-order valence-corrected chi connectivity index (χ2v) is 8.24. The molecule has 3 aromatic heterocycles. The summed E-state index contributed by atoms with van der Waals surface area (Å²) < 4.78 is 1.96. The lowest BCUT2D eigenvalue weighted by molar-refractivity contribution is 0.0996. The van der Waals surface area contributed by atoms with E-state index in [1.807, 2.05) is 49.7 Å². The molecule has 3 aromatic rings. The number of rotatable bonds is 7. The SMILES string of the molecule is CNCc1nc(NC(C)C)cc2c1CN(c1cccc(-c3nncn3C(C)C)n1)C2=O. The molecule has 0 aromatic carbocycles. The Hall–Kier alpha value is -3.33. The molecule has 0 saturated carbocycles. The topological polar surface area (TPSA) is 101 Å². The molecule has 31 heavy (non-hydrogen) atoms. The van der Waals surface area contributed by atoms with Crippen LogP contribution in [-0.4, -0.2) is 43.7 Å². The van der Waals surface area contributed by atoms with E-state index < -0.39 is 0 Å².